The molecule has 23 heavy (non-hydrogen) atoms. The van der Waals surface area contributed by atoms with Gasteiger partial charge in [0.1, 0.15) is 5.82 Å². The minimum absolute atomic E-state index is 0.0737. The summed E-state index contributed by atoms with van der Waals surface area (Å²) in [5, 5.41) is 12.3. The predicted octanol–water partition coefficient (Wildman–Crippen LogP) is 3.11. The maximum atomic E-state index is 11.0. The molecule has 1 aliphatic rings. The number of nitrogens with zero attached hydrogens (tertiary/aromatic N) is 2. The average molecular weight is 311 g/mol. The van der Waals surface area contributed by atoms with E-state index in [0.717, 1.165) is 19.6 Å². The molecule has 0 aliphatic carbocycles. The molecule has 1 aromatic heterocycles. The average Bonchev–Trinajstić information content (AvgIpc) is 2.61. The van der Waals surface area contributed by atoms with Gasteiger partial charge in [-0.1, -0.05) is 24.3 Å². The quantitative estimate of drug-likeness (QED) is 0.888. The Bertz CT molecular complexity index is 660. The fourth-order valence-electron chi connectivity index (χ4n) is 3.01. The lowest BCUT2D eigenvalue weighted by Crippen LogP contribution is -2.38. The van der Waals surface area contributed by atoms with Crippen LogP contribution >= 0.6 is 0 Å². The molecular weight excluding hydrogens is 290 g/mol. The summed E-state index contributed by atoms with van der Waals surface area (Å²) in [5.74, 6) is 0.155. The highest BCUT2D eigenvalue weighted by molar-refractivity contribution is 5.85. The van der Waals surface area contributed by atoms with Crippen molar-refractivity contribution in [3.8, 4) is 0 Å². The van der Waals surface area contributed by atoms with Crippen LogP contribution in [0.15, 0.2) is 48.5 Å². The van der Waals surface area contributed by atoms with Gasteiger partial charge in [0, 0.05) is 25.3 Å². The number of benzene rings is 1. The van der Waals surface area contributed by atoms with Crippen LogP contribution in [0, 0.1) is 5.92 Å². The van der Waals surface area contributed by atoms with Gasteiger partial charge in [0.15, 0.2) is 5.69 Å². The highest BCUT2D eigenvalue weighted by atomic mass is 16.4. The van der Waals surface area contributed by atoms with E-state index < -0.39 is 5.97 Å². The second kappa shape index (κ2) is 7.13. The van der Waals surface area contributed by atoms with E-state index in [1.54, 1.807) is 6.07 Å². The number of carbonyl (C=O) groups is 1. The number of rotatable bonds is 5. The fourth-order valence-corrected chi connectivity index (χ4v) is 3.01. The fraction of sp³-hybridized carbons (Fsp3) is 0.333. The zero-order valence-corrected chi connectivity index (χ0v) is 13.0. The summed E-state index contributed by atoms with van der Waals surface area (Å²) < 4.78 is 0. The molecule has 0 amide bonds. The van der Waals surface area contributed by atoms with Crippen LogP contribution in [-0.2, 0) is 0 Å². The van der Waals surface area contributed by atoms with Gasteiger partial charge in [-0.3, -0.25) is 0 Å². The highest BCUT2D eigenvalue weighted by Crippen LogP contribution is 2.23. The summed E-state index contributed by atoms with van der Waals surface area (Å²) >= 11 is 0. The number of hydrogen-bond donors (Lipinski definition) is 2. The van der Waals surface area contributed by atoms with E-state index in [4.69, 9.17) is 5.11 Å². The van der Waals surface area contributed by atoms with E-state index in [1.807, 2.05) is 12.1 Å². The third-order valence-corrected chi connectivity index (χ3v) is 4.18. The first-order chi connectivity index (χ1) is 11.2. The molecule has 2 heterocycles. The van der Waals surface area contributed by atoms with Gasteiger partial charge >= 0.3 is 5.97 Å². The van der Waals surface area contributed by atoms with Gasteiger partial charge in [-0.2, -0.15) is 0 Å². The van der Waals surface area contributed by atoms with Crippen molar-refractivity contribution < 1.29 is 9.90 Å². The molecule has 1 atom stereocenters. The van der Waals surface area contributed by atoms with Gasteiger partial charge < -0.3 is 15.3 Å². The van der Waals surface area contributed by atoms with Crippen molar-refractivity contribution in [2.24, 2.45) is 5.92 Å². The van der Waals surface area contributed by atoms with Gasteiger partial charge in [0.25, 0.3) is 0 Å². The van der Waals surface area contributed by atoms with Gasteiger partial charge in [0.2, 0.25) is 0 Å². The minimum Gasteiger partial charge on any atom is -0.477 e. The summed E-state index contributed by atoms with van der Waals surface area (Å²) in [6, 6.07) is 15.5. The molecule has 1 aliphatic heterocycles. The topological polar surface area (TPSA) is 65.5 Å². The molecule has 0 saturated carbocycles. The maximum absolute atomic E-state index is 11.0. The van der Waals surface area contributed by atoms with Crippen molar-refractivity contribution in [3.05, 3.63) is 54.2 Å². The van der Waals surface area contributed by atoms with Crippen LogP contribution in [0.5, 0.6) is 0 Å². The first-order valence-electron chi connectivity index (χ1n) is 7.96. The molecule has 0 spiro atoms. The van der Waals surface area contributed by atoms with E-state index in [-0.39, 0.29) is 5.69 Å². The number of carboxylic acid groups (broad SMARTS) is 1. The Hall–Kier alpha value is -2.56. The third-order valence-electron chi connectivity index (χ3n) is 4.18. The second-order valence-corrected chi connectivity index (χ2v) is 5.88. The van der Waals surface area contributed by atoms with Crippen molar-refractivity contribution in [1.82, 2.24) is 4.98 Å². The zero-order valence-electron chi connectivity index (χ0n) is 13.0. The van der Waals surface area contributed by atoms with Crippen LogP contribution in [-0.4, -0.2) is 35.7 Å². The zero-order chi connectivity index (χ0) is 16.1. The molecule has 0 radical (unpaired) electrons. The van der Waals surface area contributed by atoms with Crippen LogP contribution in [0.4, 0.5) is 11.5 Å². The number of piperidine rings is 1. The van der Waals surface area contributed by atoms with Gasteiger partial charge in [0.05, 0.1) is 0 Å². The van der Waals surface area contributed by atoms with E-state index in [2.05, 4.69) is 39.5 Å². The number of para-hydroxylation sites is 1. The van der Waals surface area contributed by atoms with Crippen molar-refractivity contribution in [1.29, 1.82) is 0 Å². The monoisotopic (exact) mass is 311 g/mol. The number of aromatic nitrogens is 1. The van der Waals surface area contributed by atoms with Crippen LogP contribution < -0.4 is 10.2 Å². The first kappa shape index (κ1) is 15.3. The molecule has 1 saturated heterocycles. The summed E-state index contributed by atoms with van der Waals surface area (Å²) in [6.07, 6.45) is 2.35. The summed E-state index contributed by atoms with van der Waals surface area (Å²) in [7, 11) is 0. The number of aromatic carboxylic acids is 1. The molecule has 120 valence electrons. The first-order valence-corrected chi connectivity index (χ1v) is 7.96. The van der Waals surface area contributed by atoms with Crippen LogP contribution in [0.2, 0.25) is 0 Å². The molecule has 0 bridgehead atoms. The Morgan fingerprint density at radius 3 is 2.83 bits per heavy atom. The summed E-state index contributed by atoms with van der Waals surface area (Å²) in [6.45, 7) is 2.91. The number of hydrogen-bond acceptors (Lipinski definition) is 4. The van der Waals surface area contributed by atoms with E-state index >= 15 is 0 Å². The largest absolute Gasteiger partial charge is 0.477 e. The lowest BCUT2D eigenvalue weighted by molar-refractivity contribution is 0.0690. The number of carboxylic acids is 1. The normalized spacial score (nSPS) is 17.7. The Kier molecular flexibility index (Phi) is 4.76. The van der Waals surface area contributed by atoms with Crippen LogP contribution in [0.25, 0.3) is 0 Å². The molecule has 2 aromatic rings. The van der Waals surface area contributed by atoms with E-state index in [9.17, 15) is 4.79 Å². The summed E-state index contributed by atoms with van der Waals surface area (Å²) in [4.78, 5) is 17.5. The van der Waals surface area contributed by atoms with E-state index in [1.165, 1.54) is 24.6 Å². The minimum atomic E-state index is -0.999. The summed E-state index contributed by atoms with van der Waals surface area (Å²) in [5.41, 5.74) is 1.34. The number of anilines is 2. The van der Waals surface area contributed by atoms with Crippen molar-refractivity contribution in [2.75, 3.05) is 29.9 Å². The standard InChI is InChI=1S/C18H21N3O2/c22-18(23)16-9-4-10-17(20-16)19-12-14-6-5-11-21(13-14)15-7-2-1-3-8-15/h1-4,7-10,14H,5-6,11-13H2,(H,19,20)(H,22,23). The van der Waals surface area contributed by atoms with Crippen LogP contribution in [0.1, 0.15) is 23.3 Å². The van der Waals surface area contributed by atoms with Gasteiger partial charge in [-0.25, -0.2) is 9.78 Å². The molecular formula is C18H21N3O2. The van der Waals surface area contributed by atoms with E-state index in [0.29, 0.717) is 11.7 Å². The molecule has 1 fully saturated rings. The SMILES string of the molecule is O=C(O)c1cccc(NCC2CCCN(c3ccccc3)C2)n1. The lowest BCUT2D eigenvalue weighted by atomic mass is 9.97. The smallest absolute Gasteiger partial charge is 0.354 e. The van der Waals surface area contributed by atoms with Crippen molar-refractivity contribution in [3.63, 3.8) is 0 Å². The van der Waals surface area contributed by atoms with Crippen molar-refractivity contribution in [2.45, 2.75) is 12.8 Å². The van der Waals surface area contributed by atoms with Crippen LogP contribution in [0.3, 0.4) is 0 Å². The second-order valence-electron chi connectivity index (χ2n) is 5.88. The molecule has 2 N–H and O–H groups in total. The third kappa shape index (κ3) is 4.00. The van der Waals surface area contributed by atoms with Crippen molar-refractivity contribution >= 4 is 17.5 Å². The Balaban J connectivity index is 1.58. The Morgan fingerprint density at radius 1 is 1.22 bits per heavy atom. The molecule has 3 rings (SSSR count). The molecule has 1 unspecified atom stereocenters. The van der Waals surface area contributed by atoms with Gasteiger partial charge in [-0.15, -0.1) is 0 Å². The molecule has 5 nitrogen and oxygen atoms in total. The number of pyridine rings is 1. The van der Waals surface area contributed by atoms with Gasteiger partial charge in [-0.05, 0) is 43.0 Å². The molecule has 1 aromatic carbocycles. The maximum Gasteiger partial charge on any atom is 0.354 e. The Morgan fingerprint density at radius 2 is 2.04 bits per heavy atom. The Labute approximate surface area is 136 Å². The highest BCUT2D eigenvalue weighted by Gasteiger charge is 2.20. The number of nitrogens with one attached hydrogen (secondary N) is 1. The lowest BCUT2D eigenvalue weighted by Gasteiger charge is -2.34. The molecule has 5 heteroatoms. The predicted molar refractivity (Wildman–Crippen MR) is 91.1 cm³/mol.